The van der Waals surface area contributed by atoms with Crippen LogP contribution in [0, 0.1) is 13.8 Å². The van der Waals surface area contributed by atoms with Gasteiger partial charge in [-0.1, -0.05) is 43.8 Å². The summed E-state index contributed by atoms with van der Waals surface area (Å²) in [7, 11) is 0. The van der Waals surface area contributed by atoms with Gasteiger partial charge in [0.15, 0.2) is 0 Å². The van der Waals surface area contributed by atoms with Crippen molar-refractivity contribution in [1.29, 1.82) is 0 Å². The van der Waals surface area contributed by atoms with Gasteiger partial charge in [-0.2, -0.15) is 0 Å². The number of benzene rings is 2. The standard InChI is InChI=1S/C22H27NO/c1-5-15(2)20-8-6-7-16(3)22(20)24-14-19-10-9-18-13-23-12-11-21(18)17(19)4/h6-10,23H,2,5,11-14H2,1,3-4H3. The molecule has 0 amide bonds. The van der Waals surface area contributed by atoms with Crippen LogP contribution in [0.15, 0.2) is 36.9 Å². The lowest BCUT2D eigenvalue weighted by Crippen LogP contribution is -2.24. The van der Waals surface area contributed by atoms with E-state index in [9.17, 15) is 0 Å². The Morgan fingerprint density at radius 3 is 2.83 bits per heavy atom. The van der Waals surface area contributed by atoms with Crippen LogP contribution in [0.25, 0.3) is 5.57 Å². The molecule has 1 aliphatic rings. The lowest BCUT2D eigenvalue weighted by molar-refractivity contribution is 0.302. The van der Waals surface area contributed by atoms with Gasteiger partial charge in [-0.25, -0.2) is 0 Å². The first-order valence-electron chi connectivity index (χ1n) is 8.83. The van der Waals surface area contributed by atoms with E-state index in [1.54, 1.807) is 0 Å². The Kier molecular flexibility index (Phi) is 5.06. The molecule has 0 saturated heterocycles. The van der Waals surface area contributed by atoms with Gasteiger partial charge in [0.2, 0.25) is 0 Å². The van der Waals surface area contributed by atoms with Crippen LogP contribution in [-0.2, 0) is 19.6 Å². The van der Waals surface area contributed by atoms with Crippen molar-refractivity contribution in [2.75, 3.05) is 6.54 Å². The number of rotatable bonds is 5. The molecule has 0 bridgehead atoms. The lowest BCUT2D eigenvalue weighted by Gasteiger charge is -2.22. The second-order valence-electron chi connectivity index (χ2n) is 6.61. The van der Waals surface area contributed by atoms with Crippen molar-refractivity contribution in [2.24, 2.45) is 0 Å². The first-order valence-corrected chi connectivity index (χ1v) is 8.83. The van der Waals surface area contributed by atoms with Gasteiger partial charge in [0.05, 0.1) is 0 Å². The van der Waals surface area contributed by atoms with Crippen LogP contribution in [0.1, 0.15) is 46.7 Å². The van der Waals surface area contributed by atoms with Gasteiger partial charge in [-0.05, 0) is 66.6 Å². The van der Waals surface area contributed by atoms with E-state index in [0.29, 0.717) is 6.61 Å². The maximum atomic E-state index is 6.27. The number of hydrogen-bond donors (Lipinski definition) is 1. The Labute approximate surface area is 145 Å². The number of fused-ring (bicyclic) bond motifs is 1. The zero-order chi connectivity index (χ0) is 17.1. The number of hydrogen-bond acceptors (Lipinski definition) is 2. The molecule has 0 unspecified atom stereocenters. The molecule has 126 valence electrons. The van der Waals surface area contributed by atoms with Crippen molar-refractivity contribution in [1.82, 2.24) is 5.32 Å². The fourth-order valence-corrected chi connectivity index (χ4v) is 3.43. The molecule has 0 saturated carbocycles. The summed E-state index contributed by atoms with van der Waals surface area (Å²) in [6.45, 7) is 13.3. The molecule has 2 aromatic carbocycles. The topological polar surface area (TPSA) is 21.3 Å². The molecule has 0 atom stereocenters. The van der Waals surface area contributed by atoms with Gasteiger partial charge < -0.3 is 10.1 Å². The molecule has 2 heteroatoms. The normalized spacial score (nSPS) is 13.5. The highest BCUT2D eigenvalue weighted by Crippen LogP contribution is 2.31. The third-order valence-electron chi connectivity index (χ3n) is 5.07. The number of nitrogens with one attached hydrogen (secondary N) is 1. The Morgan fingerprint density at radius 1 is 1.21 bits per heavy atom. The zero-order valence-electron chi connectivity index (χ0n) is 15.0. The van der Waals surface area contributed by atoms with E-state index >= 15 is 0 Å². The van der Waals surface area contributed by atoms with Gasteiger partial charge >= 0.3 is 0 Å². The maximum absolute atomic E-state index is 6.27. The minimum Gasteiger partial charge on any atom is -0.488 e. The Morgan fingerprint density at radius 2 is 2.04 bits per heavy atom. The molecular weight excluding hydrogens is 294 g/mol. The summed E-state index contributed by atoms with van der Waals surface area (Å²) >= 11 is 0. The lowest BCUT2D eigenvalue weighted by atomic mass is 9.93. The van der Waals surface area contributed by atoms with Gasteiger partial charge in [0.25, 0.3) is 0 Å². The summed E-state index contributed by atoms with van der Waals surface area (Å²) in [4.78, 5) is 0. The van der Waals surface area contributed by atoms with Crippen molar-refractivity contribution < 1.29 is 4.74 Å². The Bertz CT molecular complexity index is 761. The van der Waals surface area contributed by atoms with Crippen LogP contribution >= 0.6 is 0 Å². The monoisotopic (exact) mass is 321 g/mol. The summed E-state index contributed by atoms with van der Waals surface area (Å²) in [6, 6.07) is 10.8. The second-order valence-corrected chi connectivity index (χ2v) is 6.61. The molecular formula is C22H27NO. The third-order valence-corrected chi connectivity index (χ3v) is 5.07. The zero-order valence-corrected chi connectivity index (χ0v) is 15.0. The van der Waals surface area contributed by atoms with E-state index in [-0.39, 0.29) is 0 Å². The van der Waals surface area contributed by atoms with Gasteiger partial charge in [-0.3, -0.25) is 0 Å². The van der Waals surface area contributed by atoms with Crippen molar-refractivity contribution in [3.05, 3.63) is 70.3 Å². The van der Waals surface area contributed by atoms with Gasteiger partial charge in [0, 0.05) is 12.1 Å². The summed E-state index contributed by atoms with van der Waals surface area (Å²) in [5.74, 6) is 0.975. The Balaban J connectivity index is 1.86. The summed E-state index contributed by atoms with van der Waals surface area (Å²) in [5, 5.41) is 3.44. The molecule has 24 heavy (non-hydrogen) atoms. The first kappa shape index (κ1) is 16.8. The van der Waals surface area contributed by atoms with Gasteiger partial charge in [-0.15, -0.1) is 0 Å². The SMILES string of the molecule is C=C(CC)c1cccc(C)c1OCc1ccc2c(c1C)CCNC2. The van der Waals surface area contributed by atoms with E-state index in [0.717, 1.165) is 42.8 Å². The van der Waals surface area contributed by atoms with E-state index < -0.39 is 0 Å². The molecule has 0 fully saturated rings. The highest BCUT2D eigenvalue weighted by molar-refractivity contribution is 5.70. The molecule has 0 aliphatic carbocycles. The van der Waals surface area contributed by atoms with E-state index in [2.05, 4.69) is 63.0 Å². The third kappa shape index (κ3) is 3.25. The van der Waals surface area contributed by atoms with Crippen molar-refractivity contribution in [3.8, 4) is 5.75 Å². The molecule has 2 aromatic rings. The van der Waals surface area contributed by atoms with Crippen LogP contribution in [0.3, 0.4) is 0 Å². The minimum atomic E-state index is 0.612. The fraction of sp³-hybridized carbons (Fsp3) is 0.364. The van der Waals surface area contributed by atoms with Crippen molar-refractivity contribution in [3.63, 3.8) is 0 Å². The molecule has 0 spiro atoms. The minimum absolute atomic E-state index is 0.612. The van der Waals surface area contributed by atoms with E-state index in [4.69, 9.17) is 4.74 Å². The summed E-state index contributed by atoms with van der Waals surface area (Å²) in [6.07, 6.45) is 2.04. The summed E-state index contributed by atoms with van der Waals surface area (Å²) < 4.78 is 6.27. The number of ether oxygens (including phenoxy) is 1. The summed E-state index contributed by atoms with van der Waals surface area (Å²) in [5.41, 5.74) is 9.03. The molecule has 1 N–H and O–H groups in total. The molecule has 1 heterocycles. The van der Waals surface area contributed by atoms with Crippen LogP contribution in [0.2, 0.25) is 0 Å². The maximum Gasteiger partial charge on any atom is 0.130 e. The van der Waals surface area contributed by atoms with E-state index in [1.807, 2.05) is 0 Å². The van der Waals surface area contributed by atoms with Crippen molar-refractivity contribution >= 4 is 5.57 Å². The quantitative estimate of drug-likeness (QED) is 0.841. The predicted octanol–water partition coefficient (Wildman–Crippen LogP) is 4.95. The largest absolute Gasteiger partial charge is 0.488 e. The fourth-order valence-electron chi connectivity index (χ4n) is 3.43. The molecule has 1 aliphatic heterocycles. The molecule has 0 aromatic heterocycles. The van der Waals surface area contributed by atoms with Gasteiger partial charge in [0.1, 0.15) is 12.4 Å². The molecule has 0 radical (unpaired) electrons. The molecule has 3 rings (SSSR count). The van der Waals surface area contributed by atoms with Crippen LogP contribution < -0.4 is 10.1 Å². The first-order chi connectivity index (χ1) is 11.6. The molecule has 2 nitrogen and oxygen atoms in total. The van der Waals surface area contributed by atoms with Crippen LogP contribution in [0.4, 0.5) is 0 Å². The average Bonchev–Trinajstić information content (AvgIpc) is 2.61. The van der Waals surface area contributed by atoms with Crippen LogP contribution in [0.5, 0.6) is 5.75 Å². The highest BCUT2D eigenvalue weighted by Gasteiger charge is 2.15. The number of para-hydroxylation sites is 1. The van der Waals surface area contributed by atoms with E-state index in [1.165, 1.54) is 27.8 Å². The van der Waals surface area contributed by atoms with Crippen LogP contribution in [-0.4, -0.2) is 6.54 Å². The average molecular weight is 321 g/mol. The predicted molar refractivity (Wildman–Crippen MR) is 101 cm³/mol. The Hall–Kier alpha value is -2.06. The highest BCUT2D eigenvalue weighted by atomic mass is 16.5. The van der Waals surface area contributed by atoms with Crippen molar-refractivity contribution in [2.45, 2.75) is 46.8 Å². The number of allylic oxidation sites excluding steroid dienone is 1. The smallest absolute Gasteiger partial charge is 0.130 e. The second kappa shape index (κ2) is 7.23. The number of aryl methyl sites for hydroxylation is 1.